The quantitative estimate of drug-likeness (QED) is 0.903. The molecule has 4 heteroatoms. The van der Waals surface area contributed by atoms with Crippen LogP contribution in [0.15, 0.2) is 36.5 Å². The topological polar surface area (TPSA) is 48.1 Å². The average Bonchev–Trinajstić information content (AvgIpc) is 2.35. The van der Waals surface area contributed by atoms with Crippen molar-refractivity contribution in [2.24, 2.45) is 5.73 Å². The van der Waals surface area contributed by atoms with Crippen LogP contribution in [0.25, 0.3) is 0 Å². The molecule has 2 aromatic rings. The number of aryl methyl sites for hydroxylation is 1. The summed E-state index contributed by atoms with van der Waals surface area (Å²) in [5.74, 6) is 0.143. The number of pyridine rings is 1. The molecule has 0 saturated carbocycles. The normalized spacial score (nSPS) is 12.2. The number of halogens is 1. The summed E-state index contributed by atoms with van der Waals surface area (Å²) in [6, 6.07) is 8.41. The Balaban J connectivity index is 2.28. The van der Waals surface area contributed by atoms with Gasteiger partial charge in [0.1, 0.15) is 0 Å². The fourth-order valence-corrected chi connectivity index (χ4v) is 1.58. The van der Waals surface area contributed by atoms with Crippen LogP contribution in [0.5, 0.6) is 11.6 Å². The van der Waals surface area contributed by atoms with Gasteiger partial charge in [-0.25, -0.2) is 9.37 Å². The number of aromatic nitrogens is 1. The Morgan fingerprint density at radius 3 is 2.83 bits per heavy atom. The van der Waals surface area contributed by atoms with E-state index < -0.39 is 0 Å². The molecule has 0 radical (unpaired) electrons. The third-order valence-corrected chi connectivity index (χ3v) is 2.66. The Kier molecular flexibility index (Phi) is 3.58. The molecule has 1 aromatic carbocycles. The molecule has 2 N–H and O–H groups in total. The van der Waals surface area contributed by atoms with E-state index in [-0.39, 0.29) is 17.6 Å². The fraction of sp³-hybridized carbons (Fsp3) is 0.214. The first-order valence-corrected chi connectivity index (χ1v) is 5.72. The molecule has 1 aromatic heterocycles. The van der Waals surface area contributed by atoms with Gasteiger partial charge >= 0.3 is 0 Å². The van der Waals surface area contributed by atoms with Crippen LogP contribution in [0, 0.1) is 12.7 Å². The Bertz CT molecular complexity index is 555. The summed E-state index contributed by atoms with van der Waals surface area (Å²) in [4.78, 5) is 4.04. The Morgan fingerprint density at radius 2 is 2.11 bits per heavy atom. The van der Waals surface area contributed by atoms with Gasteiger partial charge in [-0.1, -0.05) is 12.1 Å². The minimum Gasteiger partial charge on any atom is -0.436 e. The van der Waals surface area contributed by atoms with Crippen molar-refractivity contribution in [2.45, 2.75) is 19.9 Å². The Labute approximate surface area is 105 Å². The lowest BCUT2D eigenvalue weighted by Crippen LogP contribution is -2.05. The zero-order chi connectivity index (χ0) is 13.1. The predicted molar refractivity (Wildman–Crippen MR) is 68.1 cm³/mol. The molecule has 0 amide bonds. The largest absolute Gasteiger partial charge is 0.436 e. The van der Waals surface area contributed by atoms with Gasteiger partial charge in [0.25, 0.3) is 0 Å². The van der Waals surface area contributed by atoms with E-state index in [0.717, 1.165) is 5.56 Å². The minimum atomic E-state index is -0.370. The zero-order valence-corrected chi connectivity index (χ0v) is 10.4. The second kappa shape index (κ2) is 5.14. The maximum atomic E-state index is 13.8. The van der Waals surface area contributed by atoms with Crippen molar-refractivity contribution in [3.8, 4) is 11.6 Å². The maximum absolute atomic E-state index is 13.8. The monoisotopic (exact) mass is 246 g/mol. The van der Waals surface area contributed by atoms with Crippen LogP contribution in [0.2, 0.25) is 0 Å². The number of nitrogens with zero attached hydrogens (tertiary/aromatic N) is 1. The number of benzene rings is 1. The van der Waals surface area contributed by atoms with Crippen molar-refractivity contribution in [1.29, 1.82) is 0 Å². The molecule has 0 aliphatic rings. The maximum Gasteiger partial charge on any atom is 0.219 e. The molecular formula is C14H15FN2O. The number of hydrogen-bond donors (Lipinski definition) is 1. The molecule has 2 rings (SSSR count). The molecule has 0 unspecified atom stereocenters. The summed E-state index contributed by atoms with van der Waals surface area (Å²) in [7, 11) is 0. The van der Waals surface area contributed by atoms with E-state index in [0.29, 0.717) is 11.4 Å². The summed E-state index contributed by atoms with van der Waals surface area (Å²) in [5, 5.41) is 0. The first kappa shape index (κ1) is 12.5. The standard InChI is InChI=1S/C14H15FN2O/c1-9-4-3-5-12(14(9)15)18-13-8-11(10(2)16)6-7-17-13/h3-8,10H,16H2,1-2H3/t10-/m1/s1. The molecule has 0 aliphatic carbocycles. The molecule has 0 fully saturated rings. The molecule has 0 bridgehead atoms. The van der Waals surface area contributed by atoms with E-state index in [1.165, 1.54) is 0 Å². The third kappa shape index (κ3) is 2.65. The molecule has 0 saturated heterocycles. The SMILES string of the molecule is Cc1cccc(Oc2cc([C@@H](C)N)ccn2)c1F. The Hall–Kier alpha value is -1.94. The number of rotatable bonds is 3. The lowest BCUT2D eigenvalue weighted by Gasteiger charge is -2.10. The van der Waals surface area contributed by atoms with Gasteiger partial charge in [0.05, 0.1) is 0 Å². The van der Waals surface area contributed by atoms with Crippen LogP contribution in [0.3, 0.4) is 0 Å². The molecule has 0 spiro atoms. The summed E-state index contributed by atoms with van der Waals surface area (Å²) in [6.07, 6.45) is 1.60. The molecule has 1 atom stereocenters. The fourth-order valence-electron chi connectivity index (χ4n) is 1.58. The van der Waals surface area contributed by atoms with Gasteiger partial charge in [-0.2, -0.15) is 0 Å². The van der Waals surface area contributed by atoms with E-state index in [2.05, 4.69) is 4.98 Å². The van der Waals surface area contributed by atoms with Crippen molar-refractivity contribution < 1.29 is 9.13 Å². The number of nitrogens with two attached hydrogens (primary N) is 1. The number of hydrogen-bond acceptors (Lipinski definition) is 3. The molecule has 1 heterocycles. The van der Waals surface area contributed by atoms with Gasteiger partial charge in [0.15, 0.2) is 11.6 Å². The van der Waals surface area contributed by atoms with E-state index in [1.807, 2.05) is 13.0 Å². The minimum absolute atomic E-state index is 0.113. The highest BCUT2D eigenvalue weighted by Gasteiger charge is 2.08. The van der Waals surface area contributed by atoms with E-state index >= 15 is 0 Å². The molecular weight excluding hydrogens is 231 g/mol. The summed E-state index contributed by atoms with van der Waals surface area (Å²) < 4.78 is 19.2. The van der Waals surface area contributed by atoms with Crippen molar-refractivity contribution in [2.75, 3.05) is 0 Å². The molecule has 94 valence electrons. The molecule has 18 heavy (non-hydrogen) atoms. The first-order chi connectivity index (χ1) is 8.58. The second-order valence-corrected chi connectivity index (χ2v) is 4.21. The van der Waals surface area contributed by atoms with E-state index in [9.17, 15) is 4.39 Å². The van der Waals surface area contributed by atoms with Gasteiger partial charge in [-0.05, 0) is 37.1 Å². The van der Waals surface area contributed by atoms with Crippen LogP contribution in [0.4, 0.5) is 4.39 Å². The highest BCUT2D eigenvalue weighted by molar-refractivity contribution is 5.34. The molecule has 0 aliphatic heterocycles. The lowest BCUT2D eigenvalue weighted by atomic mass is 10.1. The van der Waals surface area contributed by atoms with Crippen LogP contribution in [-0.4, -0.2) is 4.98 Å². The van der Waals surface area contributed by atoms with Crippen LogP contribution in [-0.2, 0) is 0 Å². The summed E-state index contributed by atoms with van der Waals surface area (Å²) in [5.41, 5.74) is 7.21. The van der Waals surface area contributed by atoms with Gasteiger partial charge < -0.3 is 10.5 Å². The van der Waals surface area contributed by atoms with Gasteiger partial charge in [-0.3, -0.25) is 0 Å². The summed E-state index contributed by atoms with van der Waals surface area (Å²) in [6.45, 7) is 3.56. The average molecular weight is 246 g/mol. The zero-order valence-electron chi connectivity index (χ0n) is 10.4. The van der Waals surface area contributed by atoms with Crippen LogP contribution >= 0.6 is 0 Å². The van der Waals surface area contributed by atoms with Gasteiger partial charge in [0, 0.05) is 18.3 Å². The van der Waals surface area contributed by atoms with E-state index in [4.69, 9.17) is 10.5 Å². The van der Waals surface area contributed by atoms with Gasteiger partial charge in [0.2, 0.25) is 5.88 Å². The highest BCUT2D eigenvalue weighted by atomic mass is 19.1. The second-order valence-electron chi connectivity index (χ2n) is 4.21. The first-order valence-electron chi connectivity index (χ1n) is 5.72. The third-order valence-electron chi connectivity index (χ3n) is 2.66. The highest BCUT2D eigenvalue weighted by Crippen LogP contribution is 2.25. The number of ether oxygens (including phenoxy) is 1. The Morgan fingerprint density at radius 1 is 1.33 bits per heavy atom. The molecule has 3 nitrogen and oxygen atoms in total. The van der Waals surface area contributed by atoms with Crippen molar-refractivity contribution in [1.82, 2.24) is 4.98 Å². The smallest absolute Gasteiger partial charge is 0.219 e. The van der Waals surface area contributed by atoms with Crippen molar-refractivity contribution in [3.63, 3.8) is 0 Å². The summed E-state index contributed by atoms with van der Waals surface area (Å²) >= 11 is 0. The van der Waals surface area contributed by atoms with Crippen LogP contribution < -0.4 is 10.5 Å². The van der Waals surface area contributed by atoms with E-state index in [1.54, 1.807) is 37.4 Å². The lowest BCUT2D eigenvalue weighted by molar-refractivity contribution is 0.424. The van der Waals surface area contributed by atoms with Gasteiger partial charge in [-0.15, -0.1) is 0 Å². The predicted octanol–water partition coefficient (Wildman–Crippen LogP) is 3.34. The van der Waals surface area contributed by atoms with Crippen molar-refractivity contribution >= 4 is 0 Å². The van der Waals surface area contributed by atoms with Crippen molar-refractivity contribution in [3.05, 3.63) is 53.5 Å². The van der Waals surface area contributed by atoms with Crippen LogP contribution in [0.1, 0.15) is 24.1 Å².